The van der Waals surface area contributed by atoms with Gasteiger partial charge in [-0.05, 0) is 48.0 Å². The molecule has 180 valence electrons. The Bertz CT molecular complexity index is 1280. The van der Waals surface area contributed by atoms with Crippen LogP contribution >= 0.6 is 0 Å². The zero-order valence-corrected chi connectivity index (χ0v) is 22.3. The Labute approximate surface area is 216 Å². The molecule has 0 atom stereocenters. The molecule has 4 nitrogen and oxygen atoms in total. The van der Waals surface area contributed by atoms with Crippen molar-refractivity contribution in [1.82, 2.24) is 4.98 Å². The van der Waals surface area contributed by atoms with Crippen molar-refractivity contribution in [2.75, 3.05) is 0 Å². The third-order valence-electron chi connectivity index (χ3n) is 6.36. The quantitative estimate of drug-likeness (QED) is 0.344. The van der Waals surface area contributed by atoms with Gasteiger partial charge in [-0.15, -0.1) is 17.1 Å². The molecule has 0 saturated heterocycles. The van der Waals surface area contributed by atoms with Gasteiger partial charge < -0.3 is 15.2 Å². The number of hydrogen-bond acceptors (Lipinski definition) is 3. The number of rotatable bonds is 7. The van der Waals surface area contributed by atoms with Crippen molar-refractivity contribution in [2.45, 2.75) is 53.4 Å². The molecule has 0 bridgehead atoms. The minimum atomic E-state index is -0.0119. The number of aliphatic imine (C=N–C) groups is 1. The van der Waals surface area contributed by atoms with E-state index in [0.29, 0.717) is 11.1 Å². The molecule has 0 fully saturated rings. The second-order valence-electron chi connectivity index (χ2n) is 8.16. The molecule has 1 aromatic heterocycles. The molecule has 0 N–H and O–H groups in total. The first-order valence-electron chi connectivity index (χ1n) is 11.8. The molecule has 0 aliphatic carbocycles. The van der Waals surface area contributed by atoms with Gasteiger partial charge in [-0.25, -0.2) is 4.99 Å². The summed E-state index contributed by atoms with van der Waals surface area (Å²) in [4.78, 5) is 9.90. The van der Waals surface area contributed by atoms with E-state index in [4.69, 9.17) is 9.98 Å². The summed E-state index contributed by atoms with van der Waals surface area (Å²) in [6.45, 7) is 8.45. The van der Waals surface area contributed by atoms with Crippen LogP contribution < -0.4 is 15.2 Å². The van der Waals surface area contributed by atoms with Crippen molar-refractivity contribution in [3.05, 3.63) is 87.8 Å². The number of nitrogens with zero attached hydrogens (tertiary/aromatic N) is 2. The molecule has 2 aromatic carbocycles. The van der Waals surface area contributed by atoms with Gasteiger partial charge in [0.25, 0.3) is 0 Å². The van der Waals surface area contributed by atoms with E-state index in [1.54, 1.807) is 24.3 Å². The zero-order chi connectivity index (χ0) is 23.5. The van der Waals surface area contributed by atoms with Gasteiger partial charge in [-0.2, -0.15) is 0 Å². The first-order chi connectivity index (χ1) is 16.0. The molecule has 0 amide bonds. The first kappa shape index (κ1) is 25.8. The average Bonchev–Trinajstić information content (AvgIpc) is 3.36. The second kappa shape index (κ2) is 11.1. The van der Waals surface area contributed by atoms with Gasteiger partial charge in [0.2, 0.25) is 0 Å². The fraction of sp³-hybridized carbons (Fsp3) is 0.276. The van der Waals surface area contributed by atoms with E-state index in [-0.39, 0.29) is 32.6 Å². The molecule has 0 spiro atoms. The number of allylic oxidation sites excluding steroid dienone is 2. The Balaban J connectivity index is 0.00000324. The van der Waals surface area contributed by atoms with Crippen LogP contribution in [0.25, 0.3) is 17.3 Å². The monoisotopic (exact) mass is 632 g/mol. The van der Waals surface area contributed by atoms with E-state index < -0.39 is 0 Å². The van der Waals surface area contributed by atoms with Crippen molar-refractivity contribution in [3.8, 4) is 22.8 Å². The van der Waals surface area contributed by atoms with Crippen LogP contribution in [-0.4, -0.2) is 5.71 Å². The van der Waals surface area contributed by atoms with E-state index in [2.05, 4.69) is 27.7 Å². The topological polar surface area (TPSA) is 72.6 Å². The van der Waals surface area contributed by atoms with Gasteiger partial charge in [0.1, 0.15) is 0 Å². The number of aromatic nitrogens is 1. The van der Waals surface area contributed by atoms with Gasteiger partial charge in [0, 0.05) is 21.1 Å². The van der Waals surface area contributed by atoms with Gasteiger partial charge in [0.05, 0.1) is 11.4 Å². The molecule has 34 heavy (non-hydrogen) atoms. The van der Waals surface area contributed by atoms with E-state index in [0.717, 1.165) is 70.8 Å². The molecule has 2 heterocycles. The van der Waals surface area contributed by atoms with Crippen molar-refractivity contribution in [2.24, 2.45) is 4.99 Å². The molecule has 5 heteroatoms. The standard InChI is InChI=1S/C29H31N2O2.Pt/c1-5-18-20(7-3)28(22-13-9-11-15-26(22)32)30-24(18)17-25-19(6-2)21(8-4)29(31-25)23-14-10-12-16-27(23)33;/h9-17H,5-8H2,1-4H3,(H2-,30,31,32,33);/q-1;/p-2. The van der Waals surface area contributed by atoms with Crippen LogP contribution in [0.15, 0.2) is 70.4 Å². The summed E-state index contributed by atoms with van der Waals surface area (Å²) >= 11 is 0. The van der Waals surface area contributed by atoms with Crippen molar-refractivity contribution in [1.29, 1.82) is 0 Å². The third-order valence-corrected chi connectivity index (χ3v) is 6.36. The van der Waals surface area contributed by atoms with Gasteiger partial charge in [-0.3, -0.25) is 0 Å². The SMILES string of the molecule is CCC1=C(CC)/C(=C/c2[n-]c(-c3ccccc3[O-])c(CC)c2CC)N=C1c1ccccc1[O-].[Pt]. The van der Waals surface area contributed by atoms with Crippen LogP contribution in [0.1, 0.15) is 62.9 Å². The van der Waals surface area contributed by atoms with Crippen LogP contribution in [0.3, 0.4) is 0 Å². The fourth-order valence-corrected chi connectivity index (χ4v) is 4.79. The van der Waals surface area contributed by atoms with Crippen molar-refractivity contribution >= 4 is 11.8 Å². The first-order valence-corrected chi connectivity index (χ1v) is 11.8. The molecule has 0 unspecified atom stereocenters. The van der Waals surface area contributed by atoms with E-state index in [1.807, 2.05) is 30.3 Å². The number of para-hydroxylation sites is 2. The molecule has 0 saturated carbocycles. The van der Waals surface area contributed by atoms with E-state index in [1.165, 1.54) is 0 Å². The van der Waals surface area contributed by atoms with Crippen molar-refractivity contribution < 1.29 is 31.3 Å². The third kappa shape index (κ3) is 4.57. The maximum absolute atomic E-state index is 12.5. The van der Waals surface area contributed by atoms with Gasteiger partial charge >= 0.3 is 0 Å². The van der Waals surface area contributed by atoms with Crippen LogP contribution in [0.5, 0.6) is 11.5 Å². The summed E-state index contributed by atoms with van der Waals surface area (Å²) in [5.74, 6) is -0.0237. The van der Waals surface area contributed by atoms with Crippen LogP contribution in [0, 0.1) is 0 Å². The molecule has 1 aliphatic heterocycles. The second-order valence-corrected chi connectivity index (χ2v) is 8.16. The predicted molar refractivity (Wildman–Crippen MR) is 131 cm³/mol. The minimum Gasteiger partial charge on any atom is -0.872 e. The average molecular weight is 633 g/mol. The van der Waals surface area contributed by atoms with Crippen LogP contribution in [0.2, 0.25) is 0 Å². The summed E-state index contributed by atoms with van der Waals surface area (Å²) in [6.07, 6.45) is 5.30. The Morgan fingerprint density at radius 3 is 1.82 bits per heavy atom. The van der Waals surface area contributed by atoms with E-state index in [9.17, 15) is 10.2 Å². The van der Waals surface area contributed by atoms with E-state index >= 15 is 0 Å². The Hall–Kier alpha value is -2.84. The maximum Gasteiger partial charge on any atom is 0.0738 e. The van der Waals surface area contributed by atoms with Crippen LogP contribution in [-0.2, 0) is 33.9 Å². The minimum absolute atomic E-state index is 0. The van der Waals surface area contributed by atoms with Crippen LogP contribution in [0.4, 0.5) is 0 Å². The molecular formula is C29H29N2O2Pt-3. The zero-order valence-electron chi connectivity index (χ0n) is 20.1. The number of hydrogen-bond donors (Lipinski definition) is 0. The van der Waals surface area contributed by atoms with Crippen molar-refractivity contribution in [3.63, 3.8) is 0 Å². The smallest absolute Gasteiger partial charge is 0.0738 e. The summed E-state index contributed by atoms with van der Waals surface area (Å²) in [6, 6.07) is 14.2. The summed E-state index contributed by atoms with van der Waals surface area (Å²) in [5, 5.41) is 25.1. The maximum atomic E-state index is 12.5. The van der Waals surface area contributed by atoms with Gasteiger partial charge in [-0.1, -0.05) is 99.2 Å². The Morgan fingerprint density at radius 1 is 0.735 bits per heavy atom. The molecule has 3 aromatic rings. The summed E-state index contributed by atoms with van der Waals surface area (Å²) in [5.41, 5.74) is 9.13. The normalized spacial score (nSPS) is 14.5. The Morgan fingerprint density at radius 2 is 1.29 bits per heavy atom. The predicted octanol–water partition coefficient (Wildman–Crippen LogP) is 5.54. The molecule has 0 radical (unpaired) electrons. The molecule has 4 rings (SSSR count). The Kier molecular flexibility index (Phi) is 8.38. The fourth-order valence-electron chi connectivity index (χ4n) is 4.79. The largest absolute Gasteiger partial charge is 0.872 e. The van der Waals surface area contributed by atoms with Gasteiger partial charge in [0.15, 0.2) is 0 Å². The molecule has 1 aliphatic rings. The summed E-state index contributed by atoms with van der Waals surface area (Å²) in [7, 11) is 0. The molecular weight excluding hydrogens is 603 g/mol. The summed E-state index contributed by atoms with van der Waals surface area (Å²) < 4.78 is 0. The number of benzene rings is 2.